The van der Waals surface area contributed by atoms with Gasteiger partial charge in [-0.25, -0.2) is 8.42 Å². The molecule has 0 spiro atoms. The van der Waals surface area contributed by atoms with E-state index in [-0.39, 0.29) is 12.1 Å². The summed E-state index contributed by atoms with van der Waals surface area (Å²) in [5.74, 6) is 0. The van der Waals surface area contributed by atoms with E-state index >= 15 is 0 Å². The number of piperidine rings is 1. The molecule has 2 unspecified atom stereocenters. The SMILES string of the molecule is Cc1cccc(S(=O)(=O)N2CCCCC2C(C)N)c1. The van der Waals surface area contributed by atoms with Crippen molar-refractivity contribution in [3.63, 3.8) is 0 Å². The van der Waals surface area contributed by atoms with Gasteiger partial charge in [-0.05, 0) is 44.4 Å². The van der Waals surface area contributed by atoms with Gasteiger partial charge in [-0.15, -0.1) is 0 Å². The summed E-state index contributed by atoms with van der Waals surface area (Å²) >= 11 is 0. The van der Waals surface area contributed by atoms with Crippen molar-refractivity contribution in [1.29, 1.82) is 0 Å². The predicted molar refractivity (Wildman–Crippen MR) is 76.4 cm³/mol. The van der Waals surface area contributed by atoms with Crippen molar-refractivity contribution in [1.82, 2.24) is 4.31 Å². The topological polar surface area (TPSA) is 63.4 Å². The van der Waals surface area contributed by atoms with Crippen LogP contribution in [0.15, 0.2) is 29.2 Å². The van der Waals surface area contributed by atoms with Crippen LogP contribution in [0.1, 0.15) is 31.7 Å². The second kappa shape index (κ2) is 5.61. The van der Waals surface area contributed by atoms with Crippen molar-refractivity contribution < 1.29 is 8.42 Å². The molecule has 2 atom stereocenters. The average molecular weight is 282 g/mol. The molecule has 2 rings (SSSR count). The van der Waals surface area contributed by atoms with Gasteiger partial charge in [0.1, 0.15) is 0 Å². The molecule has 0 amide bonds. The van der Waals surface area contributed by atoms with Gasteiger partial charge >= 0.3 is 0 Å². The highest BCUT2D eigenvalue weighted by Gasteiger charge is 2.35. The third kappa shape index (κ3) is 2.99. The van der Waals surface area contributed by atoms with Gasteiger partial charge in [0.15, 0.2) is 0 Å². The first-order valence-corrected chi connectivity index (χ1v) is 8.21. The van der Waals surface area contributed by atoms with Gasteiger partial charge in [-0.3, -0.25) is 0 Å². The van der Waals surface area contributed by atoms with E-state index in [1.807, 2.05) is 19.9 Å². The Morgan fingerprint density at radius 2 is 2.11 bits per heavy atom. The second-order valence-corrected chi connectivity index (χ2v) is 7.25. The molecule has 1 saturated heterocycles. The van der Waals surface area contributed by atoms with E-state index < -0.39 is 10.0 Å². The van der Waals surface area contributed by atoms with E-state index in [0.29, 0.717) is 11.4 Å². The van der Waals surface area contributed by atoms with Gasteiger partial charge in [0.2, 0.25) is 10.0 Å². The first-order chi connectivity index (χ1) is 8.93. The van der Waals surface area contributed by atoms with Gasteiger partial charge < -0.3 is 5.73 Å². The van der Waals surface area contributed by atoms with Crippen LogP contribution in [0, 0.1) is 6.92 Å². The number of nitrogens with two attached hydrogens (primary N) is 1. The van der Waals surface area contributed by atoms with Crippen LogP contribution in [-0.2, 0) is 10.0 Å². The Balaban J connectivity index is 2.37. The van der Waals surface area contributed by atoms with Gasteiger partial charge in [-0.1, -0.05) is 18.6 Å². The average Bonchev–Trinajstić information content (AvgIpc) is 2.38. The maximum Gasteiger partial charge on any atom is 0.243 e. The lowest BCUT2D eigenvalue weighted by atomic mass is 10.00. The summed E-state index contributed by atoms with van der Waals surface area (Å²) in [7, 11) is -3.43. The van der Waals surface area contributed by atoms with Crippen molar-refractivity contribution in [2.75, 3.05) is 6.54 Å². The van der Waals surface area contributed by atoms with Gasteiger partial charge in [-0.2, -0.15) is 4.31 Å². The molecule has 1 fully saturated rings. The van der Waals surface area contributed by atoms with Crippen LogP contribution >= 0.6 is 0 Å². The van der Waals surface area contributed by atoms with Crippen LogP contribution in [0.3, 0.4) is 0 Å². The zero-order valence-corrected chi connectivity index (χ0v) is 12.4. The fourth-order valence-electron chi connectivity index (χ4n) is 2.67. The Bertz CT molecular complexity index is 540. The number of aryl methyl sites for hydroxylation is 1. The van der Waals surface area contributed by atoms with Gasteiger partial charge in [0.05, 0.1) is 4.90 Å². The molecule has 1 aliphatic rings. The second-order valence-electron chi connectivity index (χ2n) is 5.35. The highest BCUT2D eigenvalue weighted by molar-refractivity contribution is 7.89. The summed E-state index contributed by atoms with van der Waals surface area (Å²) in [6.45, 7) is 4.36. The van der Waals surface area contributed by atoms with Crippen LogP contribution in [0.4, 0.5) is 0 Å². The molecular formula is C14H22N2O2S. The van der Waals surface area contributed by atoms with Crippen LogP contribution in [0.2, 0.25) is 0 Å². The summed E-state index contributed by atoms with van der Waals surface area (Å²) in [5.41, 5.74) is 6.91. The third-order valence-electron chi connectivity index (χ3n) is 3.70. The number of rotatable bonds is 3. The van der Waals surface area contributed by atoms with Crippen molar-refractivity contribution >= 4 is 10.0 Å². The predicted octanol–water partition coefficient (Wildman–Crippen LogP) is 1.89. The minimum Gasteiger partial charge on any atom is -0.326 e. The summed E-state index contributed by atoms with van der Waals surface area (Å²) in [6, 6.07) is 6.85. The first-order valence-electron chi connectivity index (χ1n) is 6.77. The number of hydrogen-bond acceptors (Lipinski definition) is 3. The quantitative estimate of drug-likeness (QED) is 0.920. The van der Waals surface area contributed by atoms with Crippen molar-refractivity contribution in [3.05, 3.63) is 29.8 Å². The molecule has 19 heavy (non-hydrogen) atoms. The fraction of sp³-hybridized carbons (Fsp3) is 0.571. The standard InChI is InChI=1S/C14H22N2O2S/c1-11-6-5-7-13(10-11)19(17,18)16-9-4-3-8-14(16)12(2)15/h5-7,10,12,14H,3-4,8-9,15H2,1-2H3. The largest absolute Gasteiger partial charge is 0.326 e. The van der Waals surface area contributed by atoms with E-state index in [4.69, 9.17) is 5.73 Å². The maximum absolute atomic E-state index is 12.7. The molecule has 1 heterocycles. The number of benzene rings is 1. The molecule has 1 aliphatic heterocycles. The van der Waals surface area contributed by atoms with Crippen LogP contribution in [-0.4, -0.2) is 31.4 Å². The van der Waals surface area contributed by atoms with Crippen molar-refractivity contribution in [2.24, 2.45) is 5.73 Å². The van der Waals surface area contributed by atoms with Gasteiger partial charge in [0, 0.05) is 18.6 Å². The lowest BCUT2D eigenvalue weighted by molar-refractivity contribution is 0.227. The Kier molecular flexibility index (Phi) is 4.28. The molecule has 2 N–H and O–H groups in total. The molecule has 1 aromatic carbocycles. The highest BCUT2D eigenvalue weighted by Crippen LogP contribution is 2.26. The highest BCUT2D eigenvalue weighted by atomic mass is 32.2. The smallest absolute Gasteiger partial charge is 0.243 e. The van der Waals surface area contributed by atoms with E-state index in [9.17, 15) is 8.42 Å². The first kappa shape index (κ1) is 14.5. The van der Waals surface area contributed by atoms with Crippen molar-refractivity contribution in [3.8, 4) is 0 Å². The minimum atomic E-state index is -3.43. The fourth-order valence-corrected chi connectivity index (χ4v) is 4.55. The summed E-state index contributed by atoms with van der Waals surface area (Å²) in [6.07, 6.45) is 2.81. The normalized spacial score (nSPS) is 23.2. The summed E-state index contributed by atoms with van der Waals surface area (Å²) in [5, 5.41) is 0. The zero-order valence-electron chi connectivity index (χ0n) is 11.5. The Morgan fingerprint density at radius 1 is 1.37 bits per heavy atom. The molecule has 1 aromatic rings. The summed E-state index contributed by atoms with van der Waals surface area (Å²) < 4.78 is 27.0. The van der Waals surface area contributed by atoms with Crippen LogP contribution in [0.5, 0.6) is 0 Å². The number of hydrogen-bond donors (Lipinski definition) is 1. The van der Waals surface area contributed by atoms with E-state index in [0.717, 1.165) is 24.8 Å². The maximum atomic E-state index is 12.7. The Labute approximate surface area is 115 Å². The number of sulfonamides is 1. The Morgan fingerprint density at radius 3 is 2.74 bits per heavy atom. The van der Waals surface area contributed by atoms with Crippen LogP contribution < -0.4 is 5.73 Å². The molecular weight excluding hydrogens is 260 g/mol. The van der Waals surface area contributed by atoms with Gasteiger partial charge in [0.25, 0.3) is 0 Å². The zero-order chi connectivity index (χ0) is 14.0. The van der Waals surface area contributed by atoms with E-state index in [2.05, 4.69) is 0 Å². The monoisotopic (exact) mass is 282 g/mol. The van der Waals surface area contributed by atoms with Crippen molar-refractivity contribution in [2.45, 2.75) is 50.1 Å². The van der Waals surface area contributed by atoms with E-state index in [1.165, 1.54) is 0 Å². The summed E-state index contributed by atoms with van der Waals surface area (Å²) in [4.78, 5) is 0.375. The minimum absolute atomic E-state index is 0.0840. The molecule has 5 heteroatoms. The number of nitrogens with zero attached hydrogens (tertiary/aromatic N) is 1. The third-order valence-corrected chi connectivity index (χ3v) is 5.62. The molecule has 0 aromatic heterocycles. The molecule has 4 nitrogen and oxygen atoms in total. The molecule has 106 valence electrons. The molecule has 0 saturated carbocycles. The van der Waals surface area contributed by atoms with E-state index in [1.54, 1.807) is 22.5 Å². The lowest BCUT2D eigenvalue weighted by Gasteiger charge is -2.36. The van der Waals surface area contributed by atoms with Crippen LogP contribution in [0.25, 0.3) is 0 Å². The molecule has 0 aliphatic carbocycles. The lowest BCUT2D eigenvalue weighted by Crippen LogP contribution is -2.51. The molecule has 0 bridgehead atoms. The Hall–Kier alpha value is -0.910. The molecule has 0 radical (unpaired) electrons.